The summed E-state index contributed by atoms with van der Waals surface area (Å²) >= 11 is 0. The third kappa shape index (κ3) is 4.86. The summed E-state index contributed by atoms with van der Waals surface area (Å²) in [6.07, 6.45) is 1.17. The van der Waals surface area contributed by atoms with Gasteiger partial charge in [0.05, 0.1) is 35.8 Å². The minimum atomic E-state index is -0.535. The minimum Gasteiger partial charge on any atom is -0.459 e. The molecule has 0 aliphatic carbocycles. The highest BCUT2D eigenvalue weighted by atomic mass is 16.6. The number of fused-ring (bicyclic) bond motifs is 1. The Bertz CT molecular complexity index is 1160. The Labute approximate surface area is 188 Å². The number of hydrogen-bond donors (Lipinski definition) is 0. The van der Waals surface area contributed by atoms with Gasteiger partial charge in [-0.1, -0.05) is 30.3 Å². The van der Waals surface area contributed by atoms with Gasteiger partial charge in [0.15, 0.2) is 0 Å². The topological polar surface area (TPSA) is 80.4 Å². The Kier molecular flexibility index (Phi) is 6.04. The number of carbonyl (C=O) groups is 1. The van der Waals surface area contributed by atoms with Gasteiger partial charge in [-0.05, 0) is 57.4 Å². The molecule has 1 aromatic heterocycles. The smallest absolute Gasteiger partial charge is 0.410 e. The molecule has 0 spiro atoms. The van der Waals surface area contributed by atoms with Crippen molar-refractivity contribution in [2.24, 2.45) is 0 Å². The zero-order valence-electron chi connectivity index (χ0n) is 18.7. The fourth-order valence-electron chi connectivity index (χ4n) is 3.91. The Morgan fingerprint density at radius 2 is 1.94 bits per heavy atom. The Morgan fingerprint density at radius 1 is 1.19 bits per heavy atom. The average Bonchev–Trinajstić information content (AvgIpc) is 3.10. The van der Waals surface area contributed by atoms with E-state index in [2.05, 4.69) is 6.07 Å². The summed E-state index contributed by atoms with van der Waals surface area (Å²) in [6, 6.07) is 18.2. The predicted octanol–water partition coefficient (Wildman–Crippen LogP) is 4.73. The molecule has 0 N–H and O–H groups in total. The summed E-state index contributed by atoms with van der Waals surface area (Å²) in [5.41, 5.74) is 2.77. The fourth-order valence-corrected chi connectivity index (χ4v) is 3.91. The van der Waals surface area contributed by atoms with E-state index in [1.165, 1.54) is 0 Å². The van der Waals surface area contributed by atoms with E-state index < -0.39 is 5.60 Å². The van der Waals surface area contributed by atoms with Gasteiger partial charge in [-0.15, -0.1) is 0 Å². The van der Waals surface area contributed by atoms with Crippen LogP contribution in [-0.4, -0.2) is 45.3 Å². The number of amides is 1. The number of ether oxygens (including phenoxy) is 2. The Balaban J connectivity index is 1.59. The maximum atomic E-state index is 12.5. The lowest BCUT2D eigenvalue weighted by atomic mass is 10.1. The number of piperidine rings is 1. The molecule has 1 aliphatic heterocycles. The van der Waals surface area contributed by atoms with Crippen LogP contribution in [-0.2, 0) is 11.3 Å². The normalized spacial score (nSPS) is 16.6. The summed E-state index contributed by atoms with van der Waals surface area (Å²) in [5.74, 6) is 0. The fraction of sp³-hybridized carbons (Fsp3) is 0.400. The standard InChI is InChI=1S/C25H28N4O3/c1-25(2,3)32-24(30)28-14-8-11-20(17-28)31-23-27-21-12-6-7-13-22(21)29(23)16-19-10-5-4-9-18(19)15-26/h4-7,9-10,12-13,20H,8,11,14,16-17H2,1-3H3/t20-/m1/s1. The van der Waals surface area contributed by atoms with E-state index in [-0.39, 0.29) is 12.2 Å². The monoisotopic (exact) mass is 432 g/mol. The molecule has 3 aromatic rings. The van der Waals surface area contributed by atoms with Gasteiger partial charge in [0.25, 0.3) is 6.01 Å². The van der Waals surface area contributed by atoms with E-state index in [1.807, 2.05) is 73.9 Å². The largest absolute Gasteiger partial charge is 0.459 e. The van der Waals surface area contributed by atoms with Crippen LogP contribution in [0.1, 0.15) is 44.7 Å². The van der Waals surface area contributed by atoms with Gasteiger partial charge < -0.3 is 14.4 Å². The van der Waals surface area contributed by atoms with E-state index in [0.717, 1.165) is 29.4 Å². The second kappa shape index (κ2) is 8.91. The number of nitrogens with zero attached hydrogens (tertiary/aromatic N) is 4. The van der Waals surface area contributed by atoms with Gasteiger partial charge in [0, 0.05) is 6.54 Å². The van der Waals surface area contributed by atoms with Gasteiger partial charge >= 0.3 is 6.09 Å². The van der Waals surface area contributed by atoms with Gasteiger partial charge in [0.2, 0.25) is 0 Å². The maximum absolute atomic E-state index is 12.5. The zero-order chi connectivity index (χ0) is 22.7. The van der Waals surface area contributed by atoms with Crippen LogP contribution in [0.15, 0.2) is 48.5 Å². The van der Waals surface area contributed by atoms with Gasteiger partial charge in [0.1, 0.15) is 11.7 Å². The van der Waals surface area contributed by atoms with Crippen LogP contribution in [0.5, 0.6) is 6.01 Å². The number of nitriles is 1. The van der Waals surface area contributed by atoms with Gasteiger partial charge in [-0.3, -0.25) is 4.57 Å². The van der Waals surface area contributed by atoms with E-state index in [9.17, 15) is 10.1 Å². The van der Waals surface area contributed by atoms with Crippen LogP contribution < -0.4 is 4.74 Å². The summed E-state index contributed by atoms with van der Waals surface area (Å²) in [5, 5.41) is 9.50. The van der Waals surface area contributed by atoms with Crippen molar-refractivity contribution in [3.8, 4) is 12.1 Å². The number of imidazole rings is 1. The average molecular weight is 433 g/mol. The lowest BCUT2D eigenvalue weighted by molar-refractivity contribution is 0.00626. The molecule has 1 amide bonds. The summed E-state index contributed by atoms with van der Waals surface area (Å²) in [7, 11) is 0. The second-order valence-electron chi connectivity index (χ2n) is 9.05. The van der Waals surface area contributed by atoms with Crippen LogP contribution in [0.2, 0.25) is 0 Å². The van der Waals surface area contributed by atoms with Gasteiger partial charge in [-0.25, -0.2) is 4.79 Å². The Hall–Kier alpha value is -3.53. The van der Waals surface area contributed by atoms with E-state index in [4.69, 9.17) is 14.5 Å². The molecule has 4 rings (SSSR count). The third-order valence-electron chi connectivity index (χ3n) is 5.39. The van der Waals surface area contributed by atoms with Crippen LogP contribution in [0, 0.1) is 11.3 Å². The third-order valence-corrected chi connectivity index (χ3v) is 5.39. The molecule has 166 valence electrons. The molecule has 2 aromatic carbocycles. The molecule has 0 unspecified atom stereocenters. The van der Waals surface area contributed by atoms with Crippen LogP contribution in [0.4, 0.5) is 4.79 Å². The van der Waals surface area contributed by atoms with E-state index in [1.54, 1.807) is 4.90 Å². The first-order valence-electron chi connectivity index (χ1n) is 10.9. The van der Waals surface area contributed by atoms with Crippen LogP contribution >= 0.6 is 0 Å². The highest BCUT2D eigenvalue weighted by Gasteiger charge is 2.29. The number of hydrogen-bond acceptors (Lipinski definition) is 5. The van der Waals surface area contributed by atoms with Crippen molar-refractivity contribution in [2.75, 3.05) is 13.1 Å². The number of likely N-dealkylation sites (tertiary alicyclic amines) is 1. The highest BCUT2D eigenvalue weighted by Crippen LogP contribution is 2.26. The first-order valence-corrected chi connectivity index (χ1v) is 10.9. The zero-order valence-corrected chi connectivity index (χ0v) is 18.7. The first-order chi connectivity index (χ1) is 15.3. The molecule has 2 heterocycles. The highest BCUT2D eigenvalue weighted by molar-refractivity contribution is 5.76. The van der Waals surface area contributed by atoms with Crippen molar-refractivity contribution in [3.63, 3.8) is 0 Å². The van der Waals surface area contributed by atoms with Crippen molar-refractivity contribution in [3.05, 3.63) is 59.7 Å². The van der Waals surface area contributed by atoms with Crippen molar-refractivity contribution >= 4 is 17.1 Å². The molecule has 1 fully saturated rings. The number of carbonyl (C=O) groups excluding carboxylic acids is 1. The summed E-state index contributed by atoms with van der Waals surface area (Å²) in [6.45, 7) is 7.18. The lowest BCUT2D eigenvalue weighted by Crippen LogP contribution is -2.46. The molecule has 1 saturated heterocycles. The van der Waals surface area contributed by atoms with E-state index >= 15 is 0 Å². The molecule has 0 saturated carbocycles. The molecule has 1 aliphatic rings. The predicted molar refractivity (Wildman–Crippen MR) is 121 cm³/mol. The van der Waals surface area contributed by atoms with Crippen LogP contribution in [0.25, 0.3) is 11.0 Å². The van der Waals surface area contributed by atoms with Gasteiger partial charge in [-0.2, -0.15) is 10.2 Å². The first kappa shape index (κ1) is 21.7. The van der Waals surface area contributed by atoms with Crippen molar-refractivity contribution in [2.45, 2.75) is 51.9 Å². The lowest BCUT2D eigenvalue weighted by Gasteiger charge is -2.34. The number of para-hydroxylation sites is 2. The number of rotatable bonds is 4. The molecular formula is C25H28N4O3. The summed E-state index contributed by atoms with van der Waals surface area (Å²) < 4.78 is 13.9. The van der Waals surface area contributed by atoms with Crippen LogP contribution in [0.3, 0.4) is 0 Å². The molecule has 32 heavy (non-hydrogen) atoms. The molecule has 1 atom stereocenters. The van der Waals surface area contributed by atoms with Crippen molar-refractivity contribution in [1.29, 1.82) is 5.26 Å². The van der Waals surface area contributed by atoms with Crippen molar-refractivity contribution < 1.29 is 14.3 Å². The van der Waals surface area contributed by atoms with E-state index in [0.29, 0.717) is 31.2 Å². The summed E-state index contributed by atoms with van der Waals surface area (Å²) in [4.78, 5) is 18.9. The Morgan fingerprint density at radius 3 is 2.72 bits per heavy atom. The quantitative estimate of drug-likeness (QED) is 0.595. The number of benzene rings is 2. The molecule has 7 nitrogen and oxygen atoms in total. The minimum absolute atomic E-state index is 0.182. The number of aromatic nitrogens is 2. The molecule has 0 bridgehead atoms. The molecule has 7 heteroatoms. The molecule has 0 radical (unpaired) electrons. The van der Waals surface area contributed by atoms with Crippen molar-refractivity contribution in [1.82, 2.24) is 14.5 Å². The second-order valence-corrected chi connectivity index (χ2v) is 9.05. The maximum Gasteiger partial charge on any atom is 0.410 e. The SMILES string of the molecule is CC(C)(C)OC(=O)N1CCC[C@@H](Oc2nc3ccccc3n2Cc2ccccc2C#N)C1. The molecular weight excluding hydrogens is 404 g/mol.